The summed E-state index contributed by atoms with van der Waals surface area (Å²) in [5.41, 5.74) is 0. The van der Waals surface area contributed by atoms with Gasteiger partial charge in [-0.3, -0.25) is 4.68 Å². The maximum atomic E-state index is 4.20. The first-order chi connectivity index (χ1) is 5.84. The van der Waals surface area contributed by atoms with Gasteiger partial charge < -0.3 is 0 Å². The van der Waals surface area contributed by atoms with Gasteiger partial charge in [0.15, 0.2) is 0 Å². The fraction of sp³-hybridized carbons (Fsp3) is 0.143. The van der Waals surface area contributed by atoms with Gasteiger partial charge in [-0.05, 0) is 22.0 Å². The zero-order chi connectivity index (χ0) is 8.39. The molecule has 12 heavy (non-hydrogen) atoms. The molecule has 2 heterocycles. The van der Waals surface area contributed by atoms with Crippen LogP contribution in [0, 0.1) is 0 Å². The van der Waals surface area contributed by atoms with Crippen LogP contribution >= 0.6 is 27.3 Å². The molecule has 0 aliphatic rings. The van der Waals surface area contributed by atoms with Crippen molar-refractivity contribution in [3.8, 4) is 0 Å². The van der Waals surface area contributed by atoms with Gasteiger partial charge in [0.25, 0.3) is 0 Å². The van der Waals surface area contributed by atoms with Gasteiger partial charge in [0.2, 0.25) is 0 Å². The predicted molar refractivity (Wildman–Crippen MR) is 51.1 cm³/mol. The first-order valence-electron chi connectivity index (χ1n) is 3.42. The van der Waals surface area contributed by atoms with Crippen molar-refractivity contribution in [2.24, 2.45) is 0 Å². The molecule has 0 aromatic carbocycles. The van der Waals surface area contributed by atoms with Crippen molar-refractivity contribution in [1.29, 1.82) is 0 Å². The molecular weight excluding hydrogens is 238 g/mol. The Morgan fingerprint density at radius 2 is 2.50 bits per heavy atom. The molecule has 0 aliphatic heterocycles. The van der Waals surface area contributed by atoms with E-state index in [1.54, 1.807) is 17.5 Å². The second-order valence-corrected chi connectivity index (χ2v) is 4.76. The Morgan fingerprint density at radius 3 is 3.08 bits per heavy atom. The van der Waals surface area contributed by atoms with Crippen LogP contribution in [0.4, 0.5) is 0 Å². The van der Waals surface area contributed by atoms with E-state index in [4.69, 9.17) is 0 Å². The summed E-state index contributed by atoms with van der Waals surface area (Å²) < 4.78 is 2.91. The third kappa shape index (κ3) is 1.73. The number of hydrogen-bond acceptors (Lipinski definition) is 3. The van der Waals surface area contributed by atoms with Gasteiger partial charge in [-0.2, -0.15) is 5.10 Å². The minimum atomic E-state index is 0.753. The summed E-state index contributed by atoms with van der Waals surface area (Å²) >= 11 is 4.99. The molecule has 0 N–H and O–H groups in total. The van der Waals surface area contributed by atoms with E-state index < -0.39 is 0 Å². The third-order valence-electron chi connectivity index (χ3n) is 1.38. The maximum Gasteiger partial charge on any atom is 0.115 e. The molecule has 62 valence electrons. The molecule has 0 spiro atoms. The summed E-state index contributed by atoms with van der Waals surface area (Å²) in [5, 5.41) is 5.15. The maximum absolute atomic E-state index is 4.20. The van der Waals surface area contributed by atoms with Crippen molar-refractivity contribution in [2.45, 2.75) is 6.54 Å². The summed E-state index contributed by atoms with van der Waals surface area (Å²) in [5.74, 6) is 0. The van der Waals surface area contributed by atoms with Crippen molar-refractivity contribution in [1.82, 2.24) is 14.8 Å². The second kappa shape index (κ2) is 3.37. The van der Waals surface area contributed by atoms with E-state index >= 15 is 0 Å². The van der Waals surface area contributed by atoms with E-state index in [9.17, 15) is 0 Å². The van der Waals surface area contributed by atoms with Gasteiger partial charge in [0.05, 0.1) is 16.5 Å². The number of aromatic nitrogens is 3. The smallest absolute Gasteiger partial charge is 0.115 e. The SMILES string of the molecule is Brc1cnc(Cn2cccn2)s1. The summed E-state index contributed by atoms with van der Waals surface area (Å²) in [6.45, 7) is 0.753. The lowest BCUT2D eigenvalue weighted by atomic mass is 10.6. The predicted octanol–water partition coefficient (Wildman–Crippen LogP) is 2.15. The lowest BCUT2D eigenvalue weighted by Crippen LogP contribution is -1.98. The van der Waals surface area contributed by atoms with Crippen LogP contribution in [0.1, 0.15) is 5.01 Å². The Balaban J connectivity index is 2.14. The first-order valence-corrected chi connectivity index (χ1v) is 5.03. The summed E-state index contributed by atoms with van der Waals surface area (Å²) in [6.07, 6.45) is 5.50. The third-order valence-corrected chi connectivity index (χ3v) is 2.84. The van der Waals surface area contributed by atoms with Crippen molar-refractivity contribution in [2.75, 3.05) is 0 Å². The van der Waals surface area contributed by atoms with E-state index in [0.717, 1.165) is 15.3 Å². The summed E-state index contributed by atoms with van der Waals surface area (Å²) in [4.78, 5) is 4.20. The zero-order valence-electron chi connectivity index (χ0n) is 6.14. The highest BCUT2D eigenvalue weighted by molar-refractivity contribution is 9.11. The Kier molecular flexibility index (Phi) is 2.23. The van der Waals surface area contributed by atoms with Crippen molar-refractivity contribution < 1.29 is 0 Å². The standard InChI is InChI=1S/C7H6BrN3S/c8-6-4-9-7(12-6)5-11-3-1-2-10-11/h1-4H,5H2. The highest BCUT2D eigenvalue weighted by Gasteiger charge is 1.99. The van der Waals surface area contributed by atoms with E-state index in [0.29, 0.717) is 0 Å². The normalized spacial score (nSPS) is 10.4. The van der Waals surface area contributed by atoms with Gasteiger partial charge in [-0.1, -0.05) is 0 Å². The molecule has 0 unspecified atom stereocenters. The molecular formula is C7H6BrN3S. The zero-order valence-corrected chi connectivity index (χ0v) is 8.55. The molecule has 0 fully saturated rings. The molecule has 5 heteroatoms. The average molecular weight is 244 g/mol. The van der Waals surface area contributed by atoms with E-state index in [1.165, 1.54) is 0 Å². The molecule has 2 aromatic heterocycles. The first kappa shape index (κ1) is 7.94. The number of nitrogens with zero attached hydrogens (tertiary/aromatic N) is 3. The molecule has 0 bridgehead atoms. The van der Waals surface area contributed by atoms with Gasteiger partial charge >= 0.3 is 0 Å². The minimum absolute atomic E-state index is 0.753. The van der Waals surface area contributed by atoms with Crippen LogP contribution in [0.25, 0.3) is 0 Å². The number of rotatable bonds is 2. The fourth-order valence-corrected chi connectivity index (χ4v) is 2.19. The molecule has 0 saturated carbocycles. The lowest BCUT2D eigenvalue weighted by Gasteiger charge is -1.94. The van der Waals surface area contributed by atoms with E-state index in [1.807, 2.05) is 23.1 Å². The molecule has 2 aromatic rings. The highest BCUT2D eigenvalue weighted by atomic mass is 79.9. The van der Waals surface area contributed by atoms with Gasteiger partial charge in [0.1, 0.15) is 5.01 Å². The molecule has 0 atom stereocenters. The van der Waals surface area contributed by atoms with Gasteiger partial charge in [-0.25, -0.2) is 4.98 Å². The lowest BCUT2D eigenvalue weighted by molar-refractivity contribution is 0.683. The van der Waals surface area contributed by atoms with E-state index in [-0.39, 0.29) is 0 Å². The van der Waals surface area contributed by atoms with Crippen LogP contribution in [0.2, 0.25) is 0 Å². The largest absolute Gasteiger partial charge is 0.266 e. The van der Waals surface area contributed by atoms with Crippen LogP contribution in [-0.4, -0.2) is 14.8 Å². The van der Waals surface area contributed by atoms with Crippen LogP contribution in [0.15, 0.2) is 28.4 Å². The summed E-state index contributed by atoms with van der Waals surface area (Å²) in [7, 11) is 0. The Bertz CT molecular complexity index is 354. The summed E-state index contributed by atoms with van der Waals surface area (Å²) in [6, 6.07) is 1.91. The average Bonchev–Trinajstić information content (AvgIpc) is 2.63. The van der Waals surface area contributed by atoms with Crippen LogP contribution in [-0.2, 0) is 6.54 Å². The Labute approximate surface area is 82.2 Å². The fourth-order valence-electron chi connectivity index (χ4n) is 0.894. The molecule has 0 aliphatic carbocycles. The van der Waals surface area contributed by atoms with Gasteiger partial charge in [-0.15, -0.1) is 11.3 Å². The van der Waals surface area contributed by atoms with Crippen LogP contribution in [0.5, 0.6) is 0 Å². The quantitative estimate of drug-likeness (QED) is 0.810. The van der Waals surface area contributed by atoms with Crippen LogP contribution < -0.4 is 0 Å². The molecule has 3 nitrogen and oxygen atoms in total. The second-order valence-electron chi connectivity index (χ2n) is 2.26. The molecule has 0 amide bonds. The topological polar surface area (TPSA) is 30.7 Å². The van der Waals surface area contributed by atoms with Crippen molar-refractivity contribution >= 4 is 27.3 Å². The number of hydrogen-bond donors (Lipinski definition) is 0. The Hall–Kier alpha value is -0.680. The monoisotopic (exact) mass is 243 g/mol. The Morgan fingerprint density at radius 1 is 1.58 bits per heavy atom. The molecule has 2 rings (SSSR count). The highest BCUT2D eigenvalue weighted by Crippen LogP contribution is 2.19. The number of halogens is 1. The van der Waals surface area contributed by atoms with Crippen molar-refractivity contribution in [3.05, 3.63) is 33.5 Å². The molecule has 0 saturated heterocycles. The number of thiazole rings is 1. The minimum Gasteiger partial charge on any atom is -0.266 e. The van der Waals surface area contributed by atoms with Crippen LogP contribution in [0.3, 0.4) is 0 Å². The van der Waals surface area contributed by atoms with E-state index in [2.05, 4.69) is 26.0 Å². The van der Waals surface area contributed by atoms with Gasteiger partial charge in [0, 0.05) is 12.4 Å². The van der Waals surface area contributed by atoms with Crippen molar-refractivity contribution in [3.63, 3.8) is 0 Å². The molecule has 0 radical (unpaired) electrons.